The fraction of sp³-hybridized carbons (Fsp3) is 0.463. The van der Waals surface area contributed by atoms with E-state index in [0.717, 1.165) is 62.2 Å². The summed E-state index contributed by atoms with van der Waals surface area (Å²) in [5.74, 6) is 1.86. The number of methoxy groups -OCH3 is 1. The number of aromatic nitrogens is 4. The quantitative estimate of drug-likeness (QED) is 0.160. The molecular formula is C41H44F2N6O5. The number of phenols is 1. The summed E-state index contributed by atoms with van der Waals surface area (Å²) < 4.78 is 50.2. The first-order chi connectivity index (χ1) is 25.9. The highest BCUT2D eigenvalue weighted by molar-refractivity contribution is 6.04. The van der Waals surface area contributed by atoms with Crippen LogP contribution in [-0.2, 0) is 6.54 Å². The molecule has 54 heavy (non-hydrogen) atoms. The van der Waals surface area contributed by atoms with Gasteiger partial charge in [0.05, 0.1) is 30.6 Å². The van der Waals surface area contributed by atoms with Crippen LogP contribution in [0.3, 0.4) is 0 Å². The van der Waals surface area contributed by atoms with E-state index in [4.69, 9.17) is 30.4 Å². The second-order valence-electron chi connectivity index (χ2n) is 15.5. The van der Waals surface area contributed by atoms with Gasteiger partial charge in [-0.1, -0.05) is 23.6 Å². The molecule has 5 aromatic rings. The Morgan fingerprint density at radius 3 is 2.59 bits per heavy atom. The molecule has 2 aromatic carbocycles. The van der Waals surface area contributed by atoms with Gasteiger partial charge in [0.2, 0.25) is 5.88 Å². The number of terminal acetylenes is 1. The number of β-amino-alcohol motifs (C(OH)–C–C–N with tert-alkyl or cyclic N) is 1. The first-order valence-electron chi connectivity index (χ1n) is 18.6. The Bertz CT molecular complexity index is 2300. The molecule has 0 spiro atoms. The first-order valence-corrected chi connectivity index (χ1v) is 18.6. The van der Waals surface area contributed by atoms with Crippen LogP contribution in [0.1, 0.15) is 74.5 Å². The zero-order valence-electron chi connectivity index (χ0n) is 31.0. The van der Waals surface area contributed by atoms with E-state index in [-0.39, 0.29) is 68.8 Å². The topological polar surface area (TPSA) is 130 Å². The molecule has 8 rings (SSSR count). The van der Waals surface area contributed by atoms with Gasteiger partial charge in [-0.2, -0.15) is 9.97 Å². The summed E-state index contributed by atoms with van der Waals surface area (Å²) in [7, 11) is 1.41. The van der Waals surface area contributed by atoms with Crippen LogP contribution in [0.5, 0.6) is 17.6 Å². The van der Waals surface area contributed by atoms with Gasteiger partial charge in [-0.25, -0.2) is 13.8 Å². The van der Waals surface area contributed by atoms with Crippen LogP contribution >= 0.6 is 0 Å². The summed E-state index contributed by atoms with van der Waals surface area (Å²) in [5.41, 5.74) is 0.455. The van der Waals surface area contributed by atoms with Crippen molar-refractivity contribution in [2.45, 2.75) is 83.9 Å². The summed E-state index contributed by atoms with van der Waals surface area (Å²) in [6.07, 6.45) is 12.0. The second-order valence-corrected chi connectivity index (χ2v) is 15.5. The van der Waals surface area contributed by atoms with Gasteiger partial charge in [-0.05, 0) is 89.4 Å². The number of likely N-dealkylation sites (tertiary alicyclic amines) is 1. The number of nitrogens with zero attached hydrogens (tertiary/aromatic N) is 6. The highest BCUT2D eigenvalue weighted by atomic mass is 19.1. The zero-order chi connectivity index (χ0) is 37.9. The Hall–Kier alpha value is -5.06. The first kappa shape index (κ1) is 35.9. The summed E-state index contributed by atoms with van der Waals surface area (Å²) in [5, 5.41) is 26.8. The predicted molar refractivity (Wildman–Crippen MR) is 200 cm³/mol. The standard InChI is InChI=1S/C41H44F2N6O5/c1-6-27-30(42)12-11-25-18-26(50)19-28(32(25)27)35-34(43)36-33(38(44-35)52-5)37(49-17-8-13-40(4,51)21-49)46-39(45-36)53-22-41-14-7-10-31(41)48(16-9-15-41)20-29-23(2)47-54-24(29)3/h1,11-12,18-19,31,50-51H,7-10,13-17,20-22H2,2-5H3/t31-,40-,41-/m1/s1. The fourth-order valence-electron chi connectivity index (χ4n) is 9.22. The van der Waals surface area contributed by atoms with E-state index in [2.05, 4.69) is 21.0 Å². The monoisotopic (exact) mass is 738 g/mol. The molecule has 0 radical (unpaired) electrons. The molecule has 0 bridgehead atoms. The number of halogens is 2. The summed E-state index contributed by atoms with van der Waals surface area (Å²) in [6.45, 7) is 8.49. The molecule has 2 N–H and O–H groups in total. The Morgan fingerprint density at radius 2 is 1.85 bits per heavy atom. The number of aryl methyl sites for hydroxylation is 2. The highest BCUT2D eigenvalue weighted by Gasteiger charge is 2.49. The molecule has 11 nitrogen and oxygen atoms in total. The van der Waals surface area contributed by atoms with Crippen LogP contribution in [0.4, 0.5) is 14.6 Å². The minimum absolute atomic E-state index is 0.0139. The minimum Gasteiger partial charge on any atom is -0.508 e. The molecule has 2 aliphatic heterocycles. The number of anilines is 1. The maximum absolute atomic E-state index is 17.3. The zero-order valence-corrected chi connectivity index (χ0v) is 31.0. The molecule has 3 aliphatic rings. The number of benzene rings is 2. The summed E-state index contributed by atoms with van der Waals surface area (Å²) >= 11 is 0. The van der Waals surface area contributed by atoms with E-state index in [1.807, 2.05) is 18.7 Å². The van der Waals surface area contributed by atoms with Crippen molar-refractivity contribution in [3.63, 3.8) is 0 Å². The van der Waals surface area contributed by atoms with Gasteiger partial charge in [-0.3, -0.25) is 4.90 Å². The number of phenolic OH excluding ortho intramolecular Hbond substituents is 1. The van der Waals surface area contributed by atoms with Crippen molar-refractivity contribution in [3.8, 4) is 41.2 Å². The molecule has 282 valence electrons. The molecule has 1 saturated carbocycles. The Morgan fingerprint density at radius 1 is 1.06 bits per heavy atom. The molecule has 1 aliphatic carbocycles. The number of aliphatic hydroxyl groups is 1. The van der Waals surface area contributed by atoms with E-state index in [1.54, 1.807) is 6.92 Å². The van der Waals surface area contributed by atoms with E-state index in [9.17, 15) is 10.2 Å². The molecular weight excluding hydrogens is 694 g/mol. The van der Waals surface area contributed by atoms with Gasteiger partial charge < -0.3 is 29.1 Å². The van der Waals surface area contributed by atoms with Crippen molar-refractivity contribution in [2.24, 2.45) is 5.41 Å². The lowest BCUT2D eigenvalue weighted by molar-refractivity contribution is -0.00481. The van der Waals surface area contributed by atoms with E-state index in [1.165, 1.54) is 31.4 Å². The average Bonchev–Trinajstić information content (AvgIpc) is 3.73. The lowest BCUT2D eigenvalue weighted by atomic mass is 9.75. The second kappa shape index (κ2) is 13.7. The van der Waals surface area contributed by atoms with Gasteiger partial charge in [0.25, 0.3) is 0 Å². The van der Waals surface area contributed by atoms with Crippen LogP contribution in [0.2, 0.25) is 0 Å². The molecule has 3 aromatic heterocycles. The lowest BCUT2D eigenvalue weighted by Crippen LogP contribution is -2.51. The maximum atomic E-state index is 17.3. The van der Waals surface area contributed by atoms with Gasteiger partial charge >= 0.3 is 6.01 Å². The number of rotatable bonds is 8. The van der Waals surface area contributed by atoms with Crippen LogP contribution in [0.15, 0.2) is 28.8 Å². The molecule has 13 heteroatoms. The van der Waals surface area contributed by atoms with E-state index in [0.29, 0.717) is 37.2 Å². The van der Waals surface area contributed by atoms with Crippen LogP contribution < -0.4 is 14.4 Å². The maximum Gasteiger partial charge on any atom is 0.319 e. The van der Waals surface area contributed by atoms with E-state index >= 15 is 8.78 Å². The molecule has 5 heterocycles. The third-order valence-corrected chi connectivity index (χ3v) is 11.8. The number of hydrogen-bond acceptors (Lipinski definition) is 11. The number of piperidine rings is 2. The van der Waals surface area contributed by atoms with Crippen molar-refractivity contribution in [1.82, 2.24) is 25.0 Å². The molecule has 0 unspecified atom stereocenters. The molecule has 3 atom stereocenters. The van der Waals surface area contributed by atoms with Gasteiger partial charge in [0.15, 0.2) is 5.82 Å². The van der Waals surface area contributed by atoms with Crippen molar-refractivity contribution in [2.75, 3.05) is 38.3 Å². The average molecular weight is 739 g/mol. The molecule has 3 fully saturated rings. The van der Waals surface area contributed by atoms with E-state index < -0.39 is 17.2 Å². The van der Waals surface area contributed by atoms with Crippen molar-refractivity contribution >= 4 is 27.5 Å². The Kier molecular flexibility index (Phi) is 9.09. The highest BCUT2D eigenvalue weighted by Crippen LogP contribution is 2.49. The van der Waals surface area contributed by atoms with Gasteiger partial charge in [0, 0.05) is 47.6 Å². The van der Waals surface area contributed by atoms with Crippen molar-refractivity contribution in [1.29, 1.82) is 0 Å². The third kappa shape index (κ3) is 6.15. The lowest BCUT2D eigenvalue weighted by Gasteiger charge is -2.46. The molecule has 0 amide bonds. The number of pyridine rings is 1. The predicted octanol–water partition coefficient (Wildman–Crippen LogP) is 6.99. The third-order valence-electron chi connectivity index (χ3n) is 11.8. The minimum atomic E-state index is -1.02. The normalized spacial score (nSPS) is 23.1. The van der Waals surface area contributed by atoms with Gasteiger partial charge in [0.1, 0.15) is 39.7 Å². The van der Waals surface area contributed by atoms with Crippen LogP contribution in [-0.4, -0.2) is 80.2 Å². The Labute approximate surface area is 312 Å². The van der Waals surface area contributed by atoms with Crippen LogP contribution in [0.25, 0.3) is 32.9 Å². The number of hydrogen-bond donors (Lipinski definition) is 2. The van der Waals surface area contributed by atoms with Gasteiger partial charge in [-0.15, -0.1) is 6.42 Å². The van der Waals surface area contributed by atoms with Crippen LogP contribution in [0, 0.1) is 43.2 Å². The number of fused-ring (bicyclic) bond motifs is 3. The Balaban J connectivity index is 1.25. The summed E-state index contributed by atoms with van der Waals surface area (Å²) in [4.78, 5) is 18.6. The van der Waals surface area contributed by atoms with Crippen molar-refractivity contribution in [3.05, 3.63) is 58.5 Å². The number of ether oxygens (including phenoxy) is 2. The SMILES string of the molecule is C#Cc1c(F)ccc2cc(O)cc(-c3nc(OC)c4c(N5CCC[C@@](C)(O)C5)nc(OC[C@]56CCC[C@H]5N(Cc5c(C)noc5C)CCC6)nc4c3F)c12. The number of aromatic hydroxyl groups is 1. The smallest absolute Gasteiger partial charge is 0.319 e. The molecule has 2 saturated heterocycles. The van der Waals surface area contributed by atoms with Crippen molar-refractivity contribution < 1.29 is 33.0 Å². The summed E-state index contributed by atoms with van der Waals surface area (Å²) in [6, 6.07) is 5.65. The fourth-order valence-corrected chi connectivity index (χ4v) is 9.22. The largest absolute Gasteiger partial charge is 0.508 e.